The molecule has 15 amide bonds. The molecule has 37 nitrogen and oxygen atoms in total. The minimum atomic E-state index is -4.65. The summed E-state index contributed by atoms with van der Waals surface area (Å²) in [6.45, 7) is 50.0. The summed E-state index contributed by atoms with van der Waals surface area (Å²) in [4.78, 5) is 228. The predicted molar refractivity (Wildman–Crippen MR) is 515 cm³/mol. The number of ether oxygens (including phenoxy) is 5. The molecule has 13 N–H and O–H groups in total. The van der Waals surface area contributed by atoms with Gasteiger partial charge in [0.2, 0.25) is 52.8 Å². The van der Waals surface area contributed by atoms with E-state index in [1.54, 1.807) is 0 Å². The number of carbonyl (C=O) groups is 17. The van der Waals surface area contributed by atoms with Gasteiger partial charge < -0.3 is 103 Å². The summed E-state index contributed by atoms with van der Waals surface area (Å²) in [5.74, 6) is -9.39. The van der Waals surface area contributed by atoms with E-state index in [1.807, 2.05) is 177 Å². The van der Waals surface area contributed by atoms with E-state index in [0.29, 0.717) is 51.3 Å². The Kier molecular flexibility index (Phi) is 37.8. The number of nitrogens with two attached hydrogens (primary N) is 1. The molecule has 0 bridgehead atoms. The van der Waals surface area contributed by atoms with Crippen LogP contribution in [0.2, 0.25) is 0 Å². The number of rotatable bonds is 40. The molecule has 18 atom stereocenters. The lowest BCUT2D eigenvalue weighted by Crippen LogP contribution is -2.62. The van der Waals surface area contributed by atoms with Gasteiger partial charge >= 0.3 is 36.6 Å². The molecule has 0 aromatic heterocycles. The van der Waals surface area contributed by atoms with Crippen LogP contribution in [0.25, 0.3) is 0 Å². The number of fused-ring (bicyclic) bond motifs is 4. The number of primary amides is 1. The highest BCUT2D eigenvalue weighted by Crippen LogP contribution is 2.67. The summed E-state index contributed by atoms with van der Waals surface area (Å²) < 4.78 is 65.1. The van der Waals surface area contributed by atoms with Crippen LogP contribution in [-0.2, 0) is 94.1 Å². The van der Waals surface area contributed by atoms with Gasteiger partial charge in [-0.15, -0.1) is 13.2 Å². The van der Waals surface area contributed by atoms with Crippen molar-refractivity contribution in [3.05, 3.63) is 60.7 Å². The first-order valence-electron chi connectivity index (χ1n) is 49.1. The fourth-order valence-corrected chi connectivity index (χ4v) is 19.8. The van der Waals surface area contributed by atoms with Crippen molar-refractivity contribution in [3.8, 4) is 0 Å². The van der Waals surface area contributed by atoms with Crippen LogP contribution in [0, 0.1) is 96.6 Å². The lowest BCUT2D eigenvalue weighted by atomic mass is 9.85. The Labute approximate surface area is 826 Å². The lowest BCUT2D eigenvalue weighted by Gasteiger charge is -2.38. The van der Waals surface area contributed by atoms with Gasteiger partial charge in [0.1, 0.15) is 49.5 Å². The third-order valence-corrected chi connectivity index (χ3v) is 29.5. The topological polar surface area (TPSA) is 504 Å². The molecule has 9 unspecified atom stereocenters. The highest BCUT2D eigenvalue weighted by molar-refractivity contribution is 6.39. The number of nitrogens with one attached hydrogen (secondary N) is 11. The molecule has 9 aliphatic rings. The molecule has 40 heteroatoms. The Morgan fingerprint density at radius 3 is 1.16 bits per heavy atom. The summed E-state index contributed by atoms with van der Waals surface area (Å²) in [6, 6.07) is -5.51. The molecule has 6 aliphatic carbocycles. The van der Waals surface area contributed by atoms with E-state index < -0.39 is 214 Å². The van der Waals surface area contributed by atoms with Crippen LogP contribution >= 0.6 is 0 Å². The van der Waals surface area contributed by atoms with Gasteiger partial charge in [-0.1, -0.05) is 208 Å². The summed E-state index contributed by atoms with van der Waals surface area (Å²) >= 11 is 0. The monoisotopic (exact) mass is 1990 g/mol. The second kappa shape index (κ2) is 46.2. The normalized spacial score (nSPS) is 23.4. The average molecular weight is 1990 g/mol. The molecule has 788 valence electrons. The Morgan fingerprint density at radius 2 is 0.823 bits per heavy atom. The number of hydrogen-bond acceptors (Lipinski definition) is 22. The lowest BCUT2D eigenvalue weighted by molar-refractivity contribution is -0.147. The van der Waals surface area contributed by atoms with Gasteiger partial charge in [-0.25, -0.2) is 24.0 Å². The summed E-state index contributed by atoms with van der Waals surface area (Å²) in [5.41, 5.74) is 3.73. The van der Waals surface area contributed by atoms with Gasteiger partial charge in [0.15, 0.2) is 0 Å². The maximum atomic E-state index is 14.6. The zero-order valence-corrected chi connectivity index (χ0v) is 86.7. The van der Waals surface area contributed by atoms with Crippen LogP contribution in [0.1, 0.15) is 221 Å². The van der Waals surface area contributed by atoms with Crippen molar-refractivity contribution in [2.75, 3.05) is 73.4 Å². The molecule has 0 radical (unpaired) electrons. The summed E-state index contributed by atoms with van der Waals surface area (Å²) in [7, 11) is 2.72. The van der Waals surface area contributed by atoms with Crippen LogP contribution in [0.15, 0.2) is 49.6 Å². The van der Waals surface area contributed by atoms with Gasteiger partial charge in [0, 0.05) is 46.3 Å². The third kappa shape index (κ3) is 30.1. The van der Waals surface area contributed by atoms with Crippen LogP contribution < -0.4 is 64.2 Å². The van der Waals surface area contributed by atoms with E-state index in [1.165, 1.54) is 41.1 Å². The molecule has 141 heavy (non-hydrogen) atoms. The van der Waals surface area contributed by atoms with E-state index in [9.17, 15) is 94.7 Å². The van der Waals surface area contributed by atoms with E-state index in [0.717, 1.165) is 36.8 Å². The van der Waals surface area contributed by atoms with Crippen molar-refractivity contribution in [3.63, 3.8) is 0 Å². The van der Waals surface area contributed by atoms with Crippen molar-refractivity contribution in [2.45, 2.75) is 302 Å². The average Bonchev–Trinajstić information content (AvgIpc) is 1.53. The zero-order chi connectivity index (χ0) is 106. The Bertz CT molecular complexity index is 4760. The standard InChI is InChI=1S/C36H50F3N5O6.C35H57N5O8.C30H49N5O8/c1-8-15-40-31(47)29(45)24(13-14-36(37,38)39)41-30(46)28-26-23(35(26,5)6)18-44(28)32(48)27(22-16-20-11-9-10-12-21(20)17-22)43-33(49)42-25(19-50-7)34(2,3)4;1-11-13-22(26(41)29(43)36-16-12-2)37-28(42)25-24-21(35(24,9)10)17-40(25)30(44)27(34(6,7)8)39-31(45)38-23(33(3,4)5)19-48-32(46)47-18-20-14-15-20;1-28(2,3)18(14-43-27(41)42-9)33-26(40)34-22(29(4,5)6)25(39)35-13-16-19(30(16,7)8)20(35)24(38)32-17(12-15-10-11-15)21(36)23(31)37/h8-12,22-28H,1,13-19H2,2-7H3,(H,40,47)(H,41,46)(H2,42,43,49);12,20-25,27H,2,11,13-19H2,1,3-10H3,(H,36,43)(H,37,42)(H2,38,39,45);15-20,22H,10-14H2,1-9H3,(H2,31,37)(H,32,38)(H2,33,34,40)/t23?,24?,25-,26?,27+,28+;21?,22?,23-,24?,25+,27-;16?,17?,18-,19?,20+,22-/m111/s1. The molecule has 3 saturated heterocycles. The fourth-order valence-electron chi connectivity index (χ4n) is 19.8. The number of ketones is 3. The van der Waals surface area contributed by atoms with Crippen molar-refractivity contribution >= 4 is 101 Å². The van der Waals surface area contributed by atoms with Crippen LogP contribution in [0.4, 0.5) is 37.1 Å². The number of amides is 15. The number of Topliss-reactive ketones (excluding diaryl/α,β-unsaturated/α-hetero) is 3. The van der Waals surface area contributed by atoms with Crippen LogP contribution in [0.3, 0.4) is 0 Å². The van der Waals surface area contributed by atoms with Gasteiger partial charge in [-0.2, -0.15) is 13.2 Å². The first-order valence-corrected chi connectivity index (χ1v) is 49.1. The number of halogens is 3. The van der Waals surface area contributed by atoms with Gasteiger partial charge in [-0.05, 0) is 153 Å². The second-order valence-electron chi connectivity index (χ2n) is 46.6. The molecule has 1 aromatic carbocycles. The summed E-state index contributed by atoms with van der Waals surface area (Å²) in [6.07, 6.45) is 0.211. The Balaban J connectivity index is 0.000000260. The maximum absolute atomic E-state index is 14.6. The second-order valence-corrected chi connectivity index (χ2v) is 46.6. The van der Waals surface area contributed by atoms with E-state index in [4.69, 9.17) is 24.7 Å². The third-order valence-electron chi connectivity index (χ3n) is 29.5. The van der Waals surface area contributed by atoms with Gasteiger partial charge in [0.05, 0.1) is 56.6 Å². The SMILES string of the molecule is C=CCNC(=O)C(=O)C(CCC(F)(F)F)NC(=O)[C@@H]1C2C(CN1C(=O)[C@@H](NC(=O)N[C@H](COC)C(C)(C)C)C1Cc3ccccc3C1)C2(C)C.C=CCNC(=O)C(=O)C(CCC)NC(=O)[C@@H]1C2C(CN1C(=O)[C@@H](NC(=O)N[C@H](COC(=O)OCC1CC1)C(C)(C)C)C(C)(C)C)C2(C)C.COC(=O)OC[C@@H](NC(=O)N[C@H](C(=O)N1CC2C([C@H]1C(=O)NC(CC1CC1)C(=O)C(N)=O)C2(C)C)C(C)(C)C)C(C)(C)C. The first-order chi connectivity index (χ1) is 65.2. The van der Waals surface area contributed by atoms with Gasteiger partial charge in [0.25, 0.3) is 17.7 Å². The molecule has 1 aromatic rings. The number of carbonyl (C=O) groups excluding carboxylic acids is 17. The van der Waals surface area contributed by atoms with Crippen LogP contribution in [0.5, 0.6) is 0 Å². The quantitative estimate of drug-likeness (QED) is 0.0167. The molecule has 8 fully saturated rings. The number of urea groups is 3. The molecule has 10 rings (SSSR count). The first kappa shape index (κ1) is 115. The molecular weight excluding hydrogens is 1830 g/mol. The number of benzene rings is 1. The number of alkyl halides is 3. The minimum absolute atomic E-state index is 0.0601. The number of nitrogens with zero attached hydrogens (tertiary/aromatic N) is 3. The van der Waals surface area contributed by atoms with E-state index >= 15 is 0 Å². The maximum Gasteiger partial charge on any atom is 0.508 e. The van der Waals surface area contributed by atoms with Crippen molar-refractivity contribution < 1.29 is 118 Å². The van der Waals surface area contributed by atoms with E-state index in [2.05, 4.69) is 76.4 Å². The molecule has 3 aliphatic heterocycles. The smallest absolute Gasteiger partial charge is 0.438 e. The Hall–Kier alpha value is -11.0. The number of piperidine rings is 3. The molecule has 0 spiro atoms. The van der Waals surface area contributed by atoms with Gasteiger partial charge in [-0.3, -0.25) is 57.5 Å². The molecule has 5 saturated carbocycles. The number of methoxy groups -OCH3 is 2. The highest BCUT2D eigenvalue weighted by Gasteiger charge is 2.73. The zero-order valence-electron chi connectivity index (χ0n) is 86.7. The minimum Gasteiger partial charge on any atom is -0.438 e. The number of likely N-dealkylation sites (tertiary alicyclic amines) is 3. The summed E-state index contributed by atoms with van der Waals surface area (Å²) in [5, 5.41) is 29.8. The van der Waals surface area contributed by atoms with Crippen molar-refractivity contribution in [1.29, 1.82) is 0 Å². The molecular formula is C101H156F3N15O22. The predicted octanol–water partition coefficient (Wildman–Crippen LogP) is 8.35. The Morgan fingerprint density at radius 1 is 0.461 bits per heavy atom. The van der Waals surface area contributed by atoms with E-state index in [-0.39, 0.29) is 115 Å². The largest absolute Gasteiger partial charge is 0.508 e. The van der Waals surface area contributed by atoms with Crippen molar-refractivity contribution in [1.82, 2.24) is 73.2 Å². The van der Waals surface area contributed by atoms with Crippen molar-refractivity contribution in [2.24, 2.45) is 102 Å². The number of hydrogen-bond donors (Lipinski definition) is 12. The highest BCUT2D eigenvalue weighted by atomic mass is 19.4. The fraction of sp³-hybridized carbons (Fsp3) is 0.733. The van der Waals surface area contributed by atoms with Crippen LogP contribution in [-0.4, -0.2) is 268 Å². The molecule has 3 heterocycles.